The molecule has 2 nitrogen and oxygen atoms in total. The fourth-order valence-electron chi connectivity index (χ4n) is 1.38. The quantitative estimate of drug-likeness (QED) is 0.795. The van der Waals surface area contributed by atoms with Gasteiger partial charge in [0.25, 0.3) is 0 Å². The Balaban J connectivity index is 2.73. The van der Waals surface area contributed by atoms with E-state index in [1.165, 1.54) is 5.56 Å². The van der Waals surface area contributed by atoms with E-state index < -0.39 is 0 Å². The van der Waals surface area contributed by atoms with Gasteiger partial charge in [-0.1, -0.05) is 26.0 Å². The van der Waals surface area contributed by atoms with Crippen LogP contribution in [-0.4, -0.2) is 17.3 Å². The average molecular weight is 207 g/mol. The standard InChI is InChI=1S/C13H21NO/c1-10(2)11-5-7-12(8-6-11)14-13(3,4)9-15/h5-8,10,14-15H,9H2,1-4H3. The minimum Gasteiger partial charge on any atom is -0.394 e. The largest absolute Gasteiger partial charge is 0.394 e. The van der Waals surface area contributed by atoms with E-state index in [4.69, 9.17) is 5.11 Å². The molecule has 1 rings (SSSR count). The van der Waals surface area contributed by atoms with E-state index in [1.54, 1.807) is 0 Å². The summed E-state index contributed by atoms with van der Waals surface area (Å²) in [6.45, 7) is 8.44. The first-order valence-corrected chi connectivity index (χ1v) is 5.43. The first kappa shape index (κ1) is 12.1. The van der Waals surface area contributed by atoms with Crippen LogP contribution in [0.4, 0.5) is 5.69 Å². The summed E-state index contributed by atoms with van der Waals surface area (Å²) in [6, 6.07) is 8.38. The zero-order chi connectivity index (χ0) is 11.5. The molecule has 1 aromatic carbocycles. The molecule has 1 aromatic rings. The number of aliphatic hydroxyl groups excluding tert-OH is 1. The predicted molar refractivity (Wildman–Crippen MR) is 65.3 cm³/mol. The van der Waals surface area contributed by atoms with Crippen LogP contribution >= 0.6 is 0 Å². The summed E-state index contributed by atoms with van der Waals surface area (Å²) < 4.78 is 0. The van der Waals surface area contributed by atoms with Gasteiger partial charge in [-0.2, -0.15) is 0 Å². The number of hydrogen-bond donors (Lipinski definition) is 2. The normalized spacial score (nSPS) is 11.9. The molecule has 0 aromatic heterocycles. The summed E-state index contributed by atoms with van der Waals surface area (Å²) in [7, 11) is 0. The van der Waals surface area contributed by atoms with Gasteiger partial charge in [-0.25, -0.2) is 0 Å². The van der Waals surface area contributed by atoms with Crippen LogP contribution in [0.3, 0.4) is 0 Å². The third kappa shape index (κ3) is 3.56. The van der Waals surface area contributed by atoms with Crippen LogP contribution in [0, 0.1) is 0 Å². The van der Waals surface area contributed by atoms with Crippen molar-refractivity contribution in [2.45, 2.75) is 39.2 Å². The van der Waals surface area contributed by atoms with Gasteiger partial charge in [0.15, 0.2) is 0 Å². The Morgan fingerprint density at radius 3 is 2.13 bits per heavy atom. The highest BCUT2D eigenvalue weighted by Crippen LogP contribution is 2.19. The van der Waals surface area contributed by atoms with Gasteiger partial charge in [0.05, 0.1) is 12.1 Å². The molecule has 0 aliphatic carbocycles. The number of aliphatic hydroxyl groups is 1. The zero-order valence-corrected chi connectivity index (χ0v) is 10.0. The molecular formula is C13H21NO. The molecule has 0 unspecified atom stereocenters. The van der Waals surface area contributed by atoms with Crippen LogP contribution in [0.15, 0.2) is 24.3 Å². The van der Waals surface area contributed by atoms with Crippen molar-refractivity contribution in [2.24, 2.45) is 0 Å². The summed E-state index contributed by atoms with van der Waals surface area (Å²) in [5.41, 5.74) is 2.13. The Labute approximate surface area is 92.3 Å². The summed E-state index contributed by atoms with van der Waals surface area (Å²) in [6.07, 6.45) is 0. The third-order valence-corrected chi connectivity index (χ3v) is 2.46. The lowest BCUT2D eigenvalue weighted by atomic mass is 10.0. The smallest absolute Gasteiger partial charge is 0.0656 e. The van der Waals surface area contributed by atoms with Gasteiger partial charge in [-0.15, -0.1) is 0 Å². The molecule has 0 heterocycles. The van der Waals surface area contributed by atoms with Crippen LogP contribution in [0.5, 0.6) is 0 Å². The average Bonchev–Trinajstić information content (AvgIpc) is 2.18. The highest BCUT2D eigenvalue weighted by Gasteiger charge is 2.15. The Hall–Kier alpha value is -1.02. The molecule has 0 fully saturated rings. The SMILES string of the molecule is CC(C)c1ccc(NC(C)(C)CO)cc1. The molecule has 0 aliphatic heterocycles. The van der Waals surface area contributed by atoms with Gasteiger partial charge in [-0.3, -0.25) is 0 Å². The number of hydrogen-bond acceptors (Lipinski definition) is 2. The second-order valence-corrected chi connectivity index (χ2v) is 4.94. The van der Waals surface area contributed by atoms with E-state index in [0.717, 1.165) is 5.69 Å². The van der Waals surface area contributed by atoms with Gasteiger partial charge in [0, 0.05) is 5.69 Å². The van der Waals surface area contributed by atoms with E-state index >= 15 is 0 Å². The maximum absolute atomic E-state index is 9.14. The Bertz CT molecular complexity index is 301. The minimum atomic E-state index is -0.265. The van der Waals surface area contributed by atoms with E-state index in [9.17, 15) is 0 Å². The molecule has 84 valence electrons. The van der Waals surface area contributed by atoms with Crippen molar-refractivity contribution >= 4 is 5.69 Å². The Morgan fingerprint density at radius 1 is 1.20 bits per heavy atom. The second-order valence-electron chi connectivity index (χ2n) is 4.94. The van der Waals surface area contributed by atoms with Crippen molar-refractivity contribution in [3.05, 3.63) is 29.8 Å². The topological polar surface area (TPSA) is 32.3 Å². The molecule has 0 aliphatic rings. The molecule has 0 saturated carbocycles. The van der Waals surface area contributed by atoms with Gasteiger partial charge in [0.2, 0.25) is 0 Å². The lowest BCUT2D eigenvalue weighted by Crippen LogP contribution is -2.34. The molecule has 15 heavy (non-hydrogen) atoms. The van der Waals surface area contributed by atoms with Gasteiger partial charge >= 0.3 is 0 Å². The summed E-state index contributed by atoms with van der Waals surface area (Å²) >= 11 is 0. The molecule has 0 saturated heterocycles. The van der Waals surface area contributed by atoms with Crippen LogP contribution in [-0.2, 0) is 0 Å². The molecule has 0 spiro atoms. The van der Waals surface area contributed by atoms with Crippen LogP contribution in [0.1, 0.15) is 39.2 Å². The van der Waals surface area contributed by atoms with Gasteiger partial charge in [0.1, 0.15) is 0 Å². The predicted octanol–water partition coefficient (Wildman–Crippen LogP) is 2.99. The zero-order valence-electron chi connectivity index (χ0n) is 10.0. The third-order valence-electron chi connectivity index (χ3n) is 2.46. The Morgan fingerprint density at radius 2 is 1.73 bits per heavy atom. The molecule has 0 atom stereocenters. The highest BCUT2D eigenvalue weighted by atomic mass is 16.3. The van der Waals surface area contributed by atoms with E-state index in [0.29, 0.717) is 5.92 Å². The van der Waals surface area contributed by atoms with Gasteiger partial charge in [-0.05, 0) is 37.5 Å². The summed E-state index contributed by atoms with van der Waals surface area (Å²) in [5.74, 6) is 0.560. The summed E-state index contributed by atoms with van der Waals surface area (Å²) in [4.78, 5) is 0. The molecule has 0 amide bonds. The second kappa shape index (κ2) is 4.67. The number of nitrogens with one attached hydrogen (secondary N) is 1. The molecule has 0 radical (unpaired) electrons. The van der Waals surface area contributed by atoms with Crippen molar-refractivity contribution in [3.63, 3.8) is 0 Å². The first-order valence-electron chi connectivity index (χ1n) is 5.43. The van der Waals surface area contributed by atoms with Crippen molar-refractivity contribution in [3.8, 4) is 0 Å². The van der Waals surface area contributed by atoms with E-state index in [-0.39, 0.29) is 12.1 Å². The molecule has 2 heteroatoms. The van der Waals surface area contributed by atoms with Crippen molar-refractivity contribution in [1.29, 1.82) is 0 Å². The Kier molecular flexibility index (Phi) is 3.75. The lowest BCUT2D eigenvalue weighted by molar-refractivity contribution is 0.234. The fraction of sp³-hybridized carbons (Fsp3) is 0.538. The van der Waals surface area contributed by atoms with E-state index in [2.05, 4.69) is 43.4 Å². The lowest BCUT2D eigenvalue weighted by Gasteiger charge is -2.25. The highest BCUT2D eigenvalue weighted by molar-refractivity contribution is 5.47. The monoisotopic (exact) mass is 207 g/mol. The number of rotatable bonds is 4. The van der Waals surface area contributed by atoms with Crippen LogP contribution in [0.25, 0.3) is 0 Å². The molecule has 2 N–H and O–H groups in total. The summed E-state index contributed by atoms with van der Waals surface area (Å²) in [5, 5.41) is 12.4. The van der Waals surface area contributed by atoms with Crippen molar-refractivity contribution in [1.82, 2.24) is 0 Å². The minimum absolute atomic E-state index is 0.124. The van der Waals surface area contributed by atoms with Crippen molar-refractivity contribution in [2.75, 3.05) is 11.9 Å². The maximum atomic E-state index is 9.14. The number of benzene rings is 1. The van der Waals surface area contributed by atoms with Gasteiger partial charge < -0.3 is 10.4 Å². The molecular weight excluding hydrogens is 186 g/mol. The van der Waals surface area contributed by atoms with E-state index in [1.807, 2.05) is 13.8 Å². The van der Waals surface area contributed by atoms with Crippen LogP contribution in [0.2, 0.25) is 0 Å². The van der Waals surface area contributed by atoms with Crippen LogP contribution < -0.4 is 5.32 Å². The fourth-order valence-corrected chi connectivity index (χ4v) is 1.38. The first-order chi connectivity index (χ1) is 6.94. The molecule has 0 bridgehead atoms. The van der Waals surface area contributed by atoms with Crippen molar-refractivity contribution < 1.29 is 5.11 Å². The maximum Gasteiger partial charge on any atom is 0.0656 e. The number of anilines is 1.